The number of hydrogen-bond donors (Lipinski definition) is 1. The maximum atomic E-state index is 13.7. The number of benzene rings is 2. The number of methoxy groups -OCH3 is 2. The minimum atomic E-state index is -0.367. The Morgan fingerprint density at radius 2 is 1.68 bits per heavy atom. The lowest BCUT2D eigenvalue weighted by atomic mass is 10.0. The number of piperidine rings is 1. The average Bonchev–Trinajstić information content (AvgIpc) is 2.86. The number of aromatic nitrogens is 2. The molecule has 0 atom stereocenters. The summed E-state index contributed by atoms with van der Waals surface area (Å²) in [6.45, 7) is 3.08. The summed E-state index contributed by atoms with van der Waals surface area (Å²) in [5, 5.41) is 0.456. The predicted molar refractivity (Wildman–Crippen MR) is 130 cm³/mol. The molecule has 2 heterocycles. The number of ether oxygens (including phenoxy) is 2. The third-order valence-corrected chi connectivity index (χ3v) is 6.53. The number of nitrogens with two attached hydrogens (primary N) is 1. The molecule has 0 unspecified atom stereocenters. The molecule has 2 aromatic carbocycles. The van der Waals surface area contributed by atoms with Crippen molar-refractivity contribution in [3.8, 4) is 11.5 Å². The molecular weight excluding hydrogens is 436 g/mol. The van der Waals surface area contributed by atoms with Crippen molar-refractivity contribution in [1.82, 2.24) is 14.0 Å². The Balaban J connectivity index is 1.85. The monoisotopic (exact) mass is 466 g/mol. The number of carbonyl (C=O) groups excluding carboxylic acids is 1. The van der Waals surface area contributed by atoms with Crippen LogP contribution in [0.1, 0.15) is 36.9 Å². The van der Waals surface area contributed by atoms with Crippen molar-refractivity contribution in [2.75, 3.05) is 27.3 Å². The second kappa shape index (κ2) is 9.72. The SMILES string of the molecule is COc1ccc(Cn2c(=O)c3cc(CN)ccc3n(C3CCN(C(C)=O)CC3)c2=O)cc1OC. The van der Waals surface area contributed by atoms with Crippen LogP contribution >= 0.6 is 0 Å². The number of rotatable bonds is 6. The highest BCUT2D eigenvalue weighted by Gasteiger charge is 2.26. The minimum Gasteiger partial charge on any atom is -0.493 e. The third kappa shape index (κ3) is 4.31. The Bertz CT molecular complexity index is 1340. The van der Waals surface area contributed by atoms with Crippen molar-refractivity contribution in [2.24, 2.45) is 5.73 Å². The topological polar surface area (TPSA) is 109 Å². The summed E-state index contributed by atoms with van der Waals surface area (Å²) in [4.78, 5) is 40.8. The van der Waals surface area contributed by atoms with Gasteiger partial charge in [0.15, 0.2) is 11.5 Å². The van der Waals surface area contributed by atoms with Crippen LogP contribution in [0.15, 0.2) is 46.0 Å². The molecule has 3 aromatic rings. The van der Waals surface area contributed by atoms with Crippen molar-refractivity contribution >= 4 is 16.8 Å². The predicted octanol–water partition coefficient (Wildman–Crippen LogP) is 1.87. The molecule has 1 aliphatic rings. The molecule has 1 aliphatic heterocycles. The van der Waals surface area contributed by atoms with E-state index in [-0.39, 0.29) is 29.7 Å². The minimum absolute atomic E-state index is 0.0293. The molecule has 180 valence electrons. The maximum Gasteiger partial charge on any atom is 0.332 e. The molecule has 0 saturated carbocycles. The highest BCUT2D eigenvalue weighted by atomic mass is 16.5. The van der Waals surface area contributed by atoms with E-state index >= 15 is 0 Å². The molecule has 1 amide bonds. The zero-order valence-corrected chi connectivity index (χ0v) is 19.7. The van der Waals surface area contributed by atoms with Gasteiger partial charge < -0.3 is 20.1 Å². The lowest BCUT2D eigenvalue weighted by Crippen LogP contribution is -2.45. The van der Waals surface area contributed by atoms with Gasteiger partial charge >= 0.3 is 5.69 Å². The van der Waals surface area contributed by atoms with Crippen LogP contribution in [0.4, 0.5) is 0 Å². The molecule has 2 N–H and O–H groups in total. The molecule has 0 bridgehead atoms. The van der Waals surface area contributed by atoms with Crippen LogP contribution in [-0.2, 0) is 17.9 Å². The van der Waals surface area contributed by atoms with E-state index in [0.717, 1.165) is 11.1 Å². The number of amides is 1. The number of fused-ring (bicyclic) bond motifs is 1. The standard InChI is InChI=1S/C25H30N4O5/c1-16(30)27-10-8-19(9-11-27)29-21-6-4-17(14-26)12-20(21)24(31)28(25(29)32)15-18-5-7-22(33-2)23(13-18)34-3/h4-7,12-13,19H,8-11,14-15,26H2,1-3H3. The molecule has 1 fully saturated rings. The Morgan fingerprint density at radius 3 is 2.29 bits per heavy atom. The lowest BCUT2D eigenvalue weighted by molar-refractivity contribution is -0.130. The third-order valence-electron chi connectivity index (χ3n) is 6.53. The van der Waals surface area contributed by atoms with Gasteiger partial charge in [0.25, 0.3) is 5.56 Å². The maximum absolute atomic E-state index is 13.7. The Kier molecular flexibility index (Phi) is 6.74. The van der Waals surface area contributed by atoms with Crippen LogP contribution in [0.5, 0.6) is 11.5 Å². The Labute approximate surface area is 197 Å². The first-order valence-electron chi connectivity index (χ1n) is 11.3. The van der Waals surface area contributed by atoms with Crippen LogP contribution in [0.25, 0.3) is 10.9 Å². The molecular formula is C25H30N4O5. The van der Waals surface area contributed by atoms with Crippen molar-refractivity contribution in [3.05, 3.63) is 68.4 Å². The van der Waals surface area contributed by atoms with Crippen LogP contribution in [0, 0.1) is 0 Å². The van der Waals surface area contributed by atoms with Crippen molar-refractivity contribution in [3.63, 3.8) is 0 Å². The second-order valence-electron chi connectivity index (χ2n) is 8.53. The van der Waals surface area contributed by atoms with E-state index in [9.17, 15) is 14.4 Å². The van der Waals surface area contributed by atoms with Gasteiger partial charge in [0.2, 0.25) is 5.91 Å². The van der Waals surface area contributed by atoms with Gasteiger partial charge in [-0.1, -0.05) is 12.1 Å². The molecule has 4 rings (SSSR count). The zero-order chi connectivity index (χ0) is 24.4. The number of carbonyl (C=O) groups is 1. The first-order chi connectivity index (χ1) is 16.4. The van der Waals surface area contributed by atoms with E-state index in [1.165, 1.54) is 4.57 Å². The van der Waals surface area contributed by atoms with Crippen LogP contribution < -0.4 is 26.5 Å². The van der Waals surface area contributed by atoms with E-state index in [2.05, 4.69) is 0 Å². The second-order valence-corrected chi connectivity index (χ2v) is 8.53. The number of nitrogens with zero attached hydrogens (tertiary/aromatic N) is 3. The highest BCUT2D eigenvalue weighted by molar-refractivity contribution is 5.79. The summed E-state index contributed by atoms with van der Waals surface area (Å²) >= 11 is 0. The summed E-state index contributed by atoms with van der Waals surface area (Å²) in [6.07, 6.45) is 1.28. The van der Waals surface area contributed by atoms with Gasteiger partial charge in [0.1, 0.15) is 0 Å². The first kappa shape index (κ1) is 23.6. The van der Waals surface area contributed by atoms with Gasteiger partial charge in [-0.05, 0) is 48.2 Å². The Morgan fingerprint density at radius 1 is 1.00 bits per heavy atom. The molecule has 0 spiro atoms. The van der Waals surface area contributed by atoms with Gasteiger partial charge in [0, 0.05) is 32.6 Å². The first-order valence-corrected chi connectivity index (χ1v) is 11.3. The fraction of sp³-hybridized carbons (Fsp3) is 0.400. The highest BCUT2D eigenvalue weighted by Crippen LogP contribution is 2.28. The van der Waals surface area contributed by atoms with E-state index in [0.29, 0.717) is 54.9 Å². The smallest absolute Gasteiger partial charge is 0.332 e. The largest absolute Gasteiger partial charge is 0.493 e. The lowest BCUT2D eigenvalue weighted by Gasteiger charge is -2.33. The molecule has 0 aliphatic carbocycles. The normalized spacial score (nSPS) is 14.4. The summed E-state index contributed by atoms with van der Waals surface area (Å²) in [5.41, 5.74) is 7.25. The van der Waals surface area contributed by atoms with E-state index in [1.807, 2.05) is 12.1 Å². The summed E-state index contributed by atoms with van der Waals surface area (Å²) in [7, 11) is 3.09. The van der Waals surface area contributed by atoms with Crippen LogP contribution in [-0.4, -0.2) is 47.3 Å². The number of likely N-dealkylation sites (tertiary alicyclic amines) is 1. The molecule has 1 aromatic heterocycles. The van der Waals surface area contributed by atoms with Gasteiger partial charge in [-0.25, -0.2) is 4.79 Å². The fourth-order valence-electron chi connectivity index (χ4n) is 4.65. The van der Waals surface area contributed by atoms with Crippen LogP contribution in [0.2, 0.25) is 0 Å². The molecule has 1 saturated heterocycles. The van der Waals surface area contributed by atoms with Crippen molar-refractivity contribution < 1.29 is 14.3 Å². The molecule has 9 nitrogen and oxygen atoms in total. The van der Waals surface area contributed by atoms with E-state index < -0.39 is 0 Å². The molecule has 0 radical (unpaired) electrons. The zero-order valence-electron chi connectivity index (χ0n) is 19.7. The van der Waals surface area contributed by atoms with Crippen LogP contribution in [0.3, 0.4) is 0 Å². The average molecular weight is 467 g/mol. The van der Waals surface area contributed by atoms with E-state index in [4.69, 9.17) is 15.2 Å². The Hall–Kier alpha value is -3.59. The number of hydrogen-bond acceptors (Lipinski definition) is 6. The molecule has 9 heteroatoms. The summed E-state index contributed by atoms with van der Waals surface area (Å²) in [5.74, 6) is 1.12. The van der Waals surface area contributed by atoms with Gasteiger partial charge in [-0.15, -0.1) is 0 Å². The fourth-order valence-corrected chi connectivity index (χ4v) is 4.65. The quantitative estimate of drug-likeness (QED) is 0.594. The molecule has 34 heavy (non-hydrogen) atoms. The van der Waals surface area contributed by atoms with E-state index in [1.54, 1.807) is 54.9 Å². The van der Waals surface area contributed by atoms with Gasteiger partial charge in [-0.3, -0.25) is 18.7 Å². The van der Waals surface area contributed by atoms with Gasteiger partial charge in [0.05, 0.1) is 31.7 Å². The van der Waals surface area contributed by atoms with Crippen molar-refractivity contribution in [1.29, 1.82) is 0 Å². The summed E-state index contributed by atoms with van der Waals surface area (Å²) in [6, 6.07) is 10.6. The van der Waals surface area contributed by atoms with Gasteiger partial charge in [-0.2, -0.15) is 0 Å². The summed E-state index contributed by atoms with van der Waals surface area (Å²) < 4.78 is 13.7. The van der Waals surface area contributed by atoms with Crippen molar-refractivity contribution in [2.45, 2.75) is 38.9 Å².